The van der Waals surface area contributed by atoms with E-state index < -0.39 is 0 Å². The Morgan fingerprint density at radius 2 is 2.08 bits per heavy atom. The van der Waals surface area contributed by atoms with Gasteiger partial charge in [-0.1, -0.05) is 0 Å². The van der Waals surface area contributed by atoms with Crippen molar-refractivity contribution in [1.29, 1.82) is 0 Å². The van der Waals surface area contributed by atoms with E-state index in [2.05, 4.69) is 20.3 Å². The number of pyridine rings is 1. The van der Waals surface area contributed by atoms with Gasteiger partial charge in [-0.05, 0) is 39.0 Å². The van der Waals surface area contributed by atoms with Crippen molar-refractivity contribution in [1.82, 2.24) is 20.3 Å². The molecule has 1 amide bonds. The smallest absolute Gasteiger partial charge is 0.270 e. The van der Waals surface area contributed by atoms with Crippen LogP contribution in [0.3, 0.4) is 0 Å². The molecule has 0 saturated carbocycles. The molecule has 0 unspecified atom stereocenters. The Balaban J connectivity index is 1.70. The van der Waals surface area contributed by atoms with E-state index in [0.717, 1.165) is 11.4 Å². The first-order valence-corrected chi connectivity index (χ1v) is 8.31. The van der Waals surface area contributed by atoms with Crippen LogP contribution in [0.4, 0.5) is 0 Å². The van der Waals surface area contributed by atoms with Crippen LogP contribution in [0.25, 0.3) is 0 Å². The minimum Gasteiger partial charge on any atom is -0.486 e. The van der Waals surface area contributed by atoms with E-state index >= 15 is 0 Å². The molecule has 2 aromatic heterocycles. The maximum Gasteiger partial charge on any atom is 0.270 e. The largest absolute Gasteiger partial charge is 0.486 e. The molecule has 1 N–H and O–H groups in total. The van der Waals surface area contributed by atoms with E-state index in [9.17, 15) is 4.79 Å². The topological polar surface area (TPSA) is 86.2 Å². The molecule has 7 heteroatoms. The summed E-state index contributed by atoms with van der Waals surface area (Å²) in [6, 6.07) is 5.20. The summed E-state index contributed by atoms with van der Waals surface area (Å²) in [5.41, 5.74) is 2.04. The number of aromatic nitrogens is 3. The average molecular weight is 342 g/mol. The van der Waals surface area contributed by atoms with Crippen molar-refractivity contribution < 1.29 is 14.3 Å². The van der Waals surface area contributed by atoms with Gasteiger partial charge in [0.15, 0.2) is 0 Å². The molecule has 1 fully saturated rings. The Hall–Kier alpha value is -2.54. The van der Waals surface area contributed by atoms with Crippen molar-refractivity contribution in [2.24, 2.45) is 0 Å². The summed E-state index contributed by atoms with van der Waals surface area (Å²) in [5, 5.41) is 2.97. The number of carbonyl (C=O) groups is 1. The lowest BCUT2D eigenvalue weighted by Gasteiger charge is -2.32. The van der Waals surface area contributed by atoms with Crippen molar-refractivity contribution in [3.8, 4) is 5.75 Å². The van der Waals surface area contributed by atoms with E-state index in [1.54, 1.807) is 19.2 Å². The van der Waals surface area contributed by atoms with Gasteiger partial charge in [0.25, 0.3) is 5.91 Å². The van der Waals surface area contributed by atoms with Crippen molar-refractivity contribution in [3.63, 3.8) is 0 Å². The summed E-state index contributed by atoms with van der Waals surface area (Å²) in [6.45, 7) is 6.53. The molecule has 2 atom stereocenters. The molecule has 132 valence electrons. The van der Waals surface area contributed by atoms with Crippen molar-refractivity contribution >= 4 is 5.91 Å². The second-order valence-electron chi connectivity index (χ2n) is 6.18. The summed E-state index contributed by atoms with van der Waals surface area (Å²) >= 11 is 0. The summed E-state index contributed by atoms with van der Waals surface area (Å²) in [5.74, 6) is 1.01. The Kier molecular flexibility index (Phi) is 5.23. The molecule has 1 aliphatic heterocycles. The number of hydrogen-bond acceptors (Lipinski definition) is 6. The Morgan fingerprint density at radius 3 is 2.80 bits per heavy atom. The van der Waals surface area contributed by atoms with E-state index in [1.165, 1.54) is 0 Å². The predicted octanol–water partition coefficient (Wildman–Crippen LogP) is 1.76. The molecule has 1 saturated heterocycles. The molecule has 0 spiro atoms. The third kappa shape index (κ3) is 4.51. The van der Waals surface area contributed by atoms with Gasteiger partial charge in [0, 0.05) is 17.8 Å². The van der Waals surface area contributed by atoms with Crippen molar-refractivity contribution in [3.05, 3.63) is 47.3 Å². The third-order valence-electron chi connectivity index (χ3n) is 3.98. The fraction of sp³-hybridized carbons (Fsp3) is 0.444. The third-order valence-corrected chi connectivity index (χ3v) is 3.98. The quantitative estimate of drug-likeness (QED) is 0.911. The number of aryl methyl sites for hydroxylation is 3. The highest BCUT2D eigenvalue weighted by Gasteiger charge is 2.29. The second-order valence-corrected chi connectivity index (χ2v) is 6.18. The van der Waals surface area contributed by atoms with Gasteiger partial charge < -0.3 is 14.8 Å². The molecule has 0 aromatic carbocycles. The first-order chi connectivity index (χ1) is 12.0. The Bertz CT molecular complexity index is 728. The zero-order valence-corrected chi connectivity index (χ0v) is 14.7. The molecule has 3 rings (SSSR count). The molecule has 0 radical (unpaired) electrons. The molecular weight excluding hydrogens is 320 g/mol. The zero-order valence-electron chi connectivity index (χ0n) is 14.7. The fourth-order valence-corrected chi connectivity index (χ4v) is 2.77. The average Bonchev–Trinajstić information content (AvgIpc) is 2.58. The lowest BCUT2D eigenvalue weighted by atomic mass is 10.1. The second kappa shape index (κ2) is 7.57. The first kappa shape index (κ1) is 17.3. The minimum absolute atomic E-state index is 0.175. The number of nitrogens with one attached hydrogen (secondary N) is 1. The van der Waals surface area contributed by atoms with Gasteiger partial charge in [0.05, 0.1) is 25.5 Å². The van der Waals surface area contributed by atoms with Gasteiger partial charge in [-0.25, -0.2) is 9.97 Å². The number of hydrogen-bond donors (Lipinski definition) is 1. The summed E-state index contributed by atoms with van der Waals surface area (Å²) in [6.07, 6.45) is 2.22. The standard InChI is InChI=1S/C18H22N4O3/c1-11-4-5-14(9-19-11)25-17-6-7-24-10-16(17)22-18(23)15-8-12(2)20-13(3)21-15/h4-5,8-9,16-17H,6-7,10H2,1-3H3,(H,22,23)/t16-,17+/m0/s1. The SMILES string of the molecule is Cc1ccc(O[C@@H]2CCOC[C@@H]2NC(=O)c2cc(C)nc(C)n2)cn1. The Morgan fingerprint density at radius 1 is 1.24 bits per heavy atom. The molecule has 0 bridgehead atoms. The van der Waals surface area contributed by atoms with Crippen molar-refractivity contribution in [2.45, 2.75) is 39.3 Å². The van der Waals surface area contributed by atoms with E-state index in [0.29, 0.717) is 36.9 Å². The maximum absolute atomic E-state index is 12.5. The van der Waals surface area contributed by atoms with Crippen molar-refractivity contribution in [2.75, 3.05) is 13.2 Å². The summed E-state index contributed by atoms with van der Waals surface area (Å²) in [4.78, 5) is 25.2. The zero-order chi connectivity index (χ0) is 17.8. The first-order valence-electron chi connectivity index (χ1n) is 8.31. The number of ether oxygens (including phenoxy) is 2. The lowest BCUT2D eigenvalue weighted by Crippen LogP contribution is -2.52. The highest BCUT2D eigenvalue weighted by molar-refractivity contribution is 5.92. The highest BCUT2D eigenvalue weighted by Crippen LogP contribution is 2.18. The van der Waals surface area contributed by atoms with Crippen LogP contribution in [0.2, 0.25) is 0 Å². The van der Waals surface area contributed by atoms with Crippen LogP contribution >= 0.6 is 0 Å². The summed E-state index contributed by atoms with van der Waals surface area (Å²) < 4.78 is 11.5. The van der Waals surface area contributed by atoms with Gasteiger partial charge in [-0.2, -0.15) is 0 Å². The molecule has 2 aromatic rings. The van der Waals surface area contributed by atoms with Gasteiger partial charge in [-0.3, -0.25) is 9.78 Å². The lowest BCUT2D eigenvalue weighted by molar-refractivity contribution is -0.00308. The number of amides is 1. The van der Waals surface area contributed by atoms with E-state index in [-0.39, 0.29) is 18.1 Å². The fourth-order valence-electron chi connectivity index (χ4n) is 2.77. The molecule has 1 aliphatic rings. The highest BCUT2D eigenvalue weighted by atomic mass is 16.5. The Labute approximate surface area is 146 Å². The monoisotopic (exact) mass is 342 g/mol. The number of carbonyl (C=O) groups excluding carboxylic acids is 1. The van der Waals surface area contributed by atoms with Crippen LogP contribution in [0.15, 0.2) is 24.4 Å². The van der Waals surface area contributed by atoms with Gasteiger partial charge in [0.2, 0.25) is 0 Å². The van der Waals surface area contributed by atoms with Crippen LogP contribution in [-0.2, 0) is 4.74 Å². The van der Waals surface area contributed by atoms with E-state index in [4.69, 9.17) is 9.47 Å². The van der Waals surface area contributed by atoms with Gasteiger partial charge >= 0.3 is 0 Å². The minimum atomic E-state index is -0.252. The molecular formula is C18H22N4O3. The van der Waals surface area contributed by atoms with Crippen LogP contribution in [-0.4, -0.2) is 46.2 Å². The van der Waals surface area contributed by atoms with E-state index in [1.807, 2.05) is 26.0 Å². The van der Waals surface area contributed by atoms with Gasteiger partial charge in [0.1, 0.15) is 23.4 Å². The molecule has 0 aliphatic carbocycles. The molecule has 3 heterocycles. The molecule has 7 nitrogen and oxygen atoms in total. The van der Waals surface area contributed by atoms with Crippen LogP contribution in [0, 0.1) is 20.8 Å². The number of nitrogens with zero attached hydrogens (tertiary/aromatic N) is 3. The predicted molar refractivity (Wildman–Crippen MR) is 91.6 cm³/mol. The normalized spacial score (nSPS) is 20.1. The maximum atomic E-state index is 12.5. The molecule has 25 heavy (non-hydrogen) atoms. The number of rotatable bonds is 4. The van der Waals surface area contributed by atoms with Gasteiger partial charge in [-0.15, -0.1) is 0 Å². The summed E-state index contributed by atoms with van der Waals surface area (Å²) in [7, 11) is 0. The van der Waals surface area contributed by atoms with Crippen LogP contribution < -0.4 is 10.1 Å². The van der Waals surface area contributed by atoms with Crippen LogP contribution in [0.5, 0.6) is 5.75 Å². The van der Waals surface area contributed by atoms with Crippen LogP contribution in [0.1, 0.15) is 34.1 Å².